The number of hydrogen-bond donors (Lipinski definition) is 0. The van der Waals surface area contributed by atoms with Crippen LogP contribution < -0.4 is 0 Å². The Bertz CT molecular complexity index is 733. The zero-order valence-corrected chi connectivity index (χ0v) is 12.9. The van der Waals surface area contributed by atoms with E-state index < -0.39 is 11.9 Å². The lowest BCUT2D eigenvalue weighted by molar-refractivity contribution is 0.0690. The Labute approximate surface area is 141 Å². The first-order valence-corrected chi connectivity index (χ1v) is 7.04. The normalized spacial score (nSPS) is 8.25. The molecule has 0 spiro atoms. The molecule has 0 bridgehead atoms. The van der Waals surface area contributed by atoms with E-state index in [0.717, 1.165) is 0 Å². The third kappa shape index (κ3) is 6.91. The molecule has 0 radical (unpaired) electrons. The summed E-state index contributed by atoms with van der Waals surface area (Å²) in [5, 5.41) is 0. The molecule has 1 aromatic carbocycles. The molecule has 24 heavy (non-hydrogen) atoms. The lowest BCUT2D eigenvalue weighted by Crippen LogP contribution is -2.05. The van der Waals surface area contributed by atoms with E-state index in [1.54, 1.807) is 0 Å². The van der Waals surface area contributed by atoms with Gasteiger partial charge in [-0.1, -0.05) is 17.9 Å². The molecule has 0 heterocycles. The summed E-state index contributed by atoms with van der Waals surface area (Å²) >= 11 is 0. The molecule has 0 saturated heterocycles. The van der Waals surface area contributed by atoms with Gasteiger partial charge in [-0.15, -0.1) is 24.7 Å². The van der Waals surface area contributed by atoms with Crippen LogP contribution in [0.4, 0.5) is 0 Å². The van der Waals surface area contributed by atoms with E-state index in [-0.39, 0.29) is 11.1 Å². The lowest BCUT2D eigenvalue weighted by atomic mass is 10.1. The molecule has 0 aliphatic heterocycles. The molecule has 4 nitrogen and oxygen atoms in total. The van der Waals surface area contributed by atoms with Gasteiger partial charge in [0, 0.05) is 25.7 Å². The molecular weight excluding hydrogens is 304 g/mol. The number of carbonyl (C=O) groups excluding carboxylic acids is 2. The van der Waals surface area contributed by atoms with Gasteiger partial charge in [0.25, 0.3) is 0 Å². The maximum absolute atomic E-state index is 11.8. The fourth-order valence-corrected chi connectivity index (χ4v) is 1.43. The number of carbonyl (C=O) groups is 2. The molecule has 0 amide bonds. The van der Waals surface area contributed by atoms with Gasteiger partial charge < -0.3 is 9.47 Å². The third-order valence-electron chi connectivity index (χ3n) is 2.55. The van der Waals surface area contributed by atoms with E-state index in [0.29, 0.717) is 25.7 Å². The van der Waals surface area contributed by atoms with Crippen LogP contribution in [0, 0.1) is 48.7 Å². The van der Waals surface area contributed by atoms with Crippen LogP contribution in [0.3, 0.4) is 0 Å². The highest BCUT2D eigenvalue weighted by Gasteiger charge is 2.11. The zero-order valence-electron chi connectivity index (χ0n) is 12.9. The van der Waals surface area contributed by atoms with Gasteiger partial charge in [-0.05, 0) is 18.2 Å². The van der Waals surface area contributed by atoms with Crippen LogP contribution >= 0.6 is 0 Å². The van der Waals surface area contributed by atoms with Crippen molar-refractivity contribution in [3.8, 4) is 48.7 Å². The van der Waals surface area contributed by atoms with Crippen molar-refractivity contribution in [3.63, 3.8) is 0 Å². The average molecular weight is 318 g/mol. The van der Waals surface area contributed by atoms with E-state index in [4.69, 9.17) is 22.3 Å². The Hall–Kier alpha value is -3.60. The number of hydrogen-bond acceptors (Lipinski definition) is 4. The largest absolute Gasteiger partial charge is 0.369 e. The van der Waals surface area contributed by atoms with Crippen LogP contribution in [0.15, 0.2) is 24.3 Å². The average Bonchev–Trinajstić information content (AvgIpc) is 2.61. The van der Waals surface area contributed by atoms with Crippen molar-refractivity contribution in [1.82, 2.24) is 0 Å². The molecule has 0 aromatic heterocycles. The summed E-state index contributed by atoms with van der Waals surface area (Å²) in [5.41, 5.74) is 0.354. The summed E-state index contributed by atoms with van der Waals surface area (Å²) in [6.45, 7) is 0. The Morgan fingerprint density at radius 2 is 1.29 bits per heavy atom. The van der Waals surface area contributed by atoms with Crippen molar-refractivity contribution in [1.29, 1.82) is 0 Å². The third-order valence-corrected chi connectivity index (χ3v) is 2.55. The van der Waals surface area contributed by atoms with Crippen LogP contribution in [-0.2, 0) is 9.47 Å². The zero-order chi connectivity index (χ0) is 17.6. The van der Waals surface area contributed by atoms with Gasteiger partial charge in [0.2, 0.25) is 0 Å². The number of esters is 2. The van der Waals surface area contributed by atoms with E-state index in [2.05, 4.69) is 35.9 Å². The van der Waals surface area contributed by atoms with Crippen molar-refractivity contribution in [2.75, 3.05) is 0 Å². The summed E-state index contributed by atoms with van der Waals surface area (Å²) < 4.78 is 9.53. The maximum atomic E-state index is 11.8. The van der Waals surface area contributed by atoms with Crippen LogP contribution in [0.1, 0.15) is 46.4 Å². The van der Waals surface area contributed by atoms with Crippen molar-refractivity contribution < 1.29 is 19.1 Å². The Morgan fingerprint density at radius 1 is 0.833 bits per heavy atom. The summed E-state index contributed by atoms with van der Waals surface area (Å²) in [6, 6.07) is 5.88. The molecule has 4 heteroatoms. The molecule has 0 aliphatic rings. The first-order valence-electron chi connectivity index (χ1n) is 7.04. The first kappa shape index (κ1) is 18.4. The Morgan fingerprint density at radius 3 is 1.71 bits per heavy atom. The monoisotopic (exact) mass is 318 g/mol. The summed E-state index contributed by atoms with van der Waals surface area (Å²) in [4.78, 5) is 23.6. The minimum Gasteiger partial charge on any atom is -0.369 e. The predicted molar refractivity (Wildman–Crippen MR) is 89.0 cm³/mol. The molecule has 1 rings (SSSR count). The van der Waals surface area contributed by atoms with E-state index in [1.807, 2.05) is 0 Å². The second-order valence-electron chi connectivity index (χ2n) is 4.33. The van der Waals surface area contributed by atoms with Crippen LogP contribution in [0.25, 0.3) is 0 Å². The summed E-state index contributed by atoms with van der Waals surface area (Å²) in [5.74, 6) is 8.72. The van der Waals surface area contributed by atoms with Gasteiger partial charge in [-0.25, -0.2) is 9.59 Å². The fraction of sp³-hybridized carbons (Fsp3) is 0.200. The van der Waals surface area contributed by atoms with Crippen LogP contribution in [-0.4, -0.2) is 11.9 Å². The van der Waals surface area contributed by atoms with Crippen molar-refractivity contribution in [3.05, 3.63) is 35.4 Å². The molecular formula is C20H14O4. The molecule has 0 saturated carbocycles. The van der Waals surface area contributed by atoms with Gasteiger partial charge in [-0.2, -0.15) is 0 Å². The second-order valence-corrected chi connectivity index (χ2v) is 4.33. The smallest absolute Gasteiger partial charge is 0.352 e. The molecule has 0 atom stereocenters. The number of rotatable bonds is 4. The fourth-order valence-electron chi connectivity index (χ4n) is 1.43. The van der Waals surface area contributed by atoms with Gasteiger partial charge in [-0.3, -0.25) is 0 Å². The SMILES string of the molecule is C#CCCC#COC(=O)c1cccc(C(=O)OC#CCCC#C)c1. The summed E-state index contributed by atoms with van der Waals surface area (Å²) in [6.07, 6.45) is 16.5. The van der Waals surface area contributed by atoms with Gasteiger partial charge in [0.15, 0.2) is 0 Å². The highest BCUT2D eigenvalue weighted by molar-refractivity contribution is 5.95. The number of unbranched alkanes of at least 4 members (excludes halogenated alkanes) is 2. The summed E-state index contributed by atoms with van der Waals surface area (Å²) in [7, 11) is 0. The van der Waals surface area contributed by atoms with Crippen molar-refractivity contribution in [2.24, 2.45) is 0 Å². The van der Waals surface area contributed by atoms with E-state index in [1.165, 1.54) is 24.3 Å². The number of ether oxygens (including phenoxy) is 2. The molecule has 0 aliphatic carbocycles. The second kappa shape index (κ2) is 11.0. The van der Waals surface area contributed by atoms with Crippen LogP contribution in [0.5, 0.6) is 0 Å². The van der Waals surface area contributed by atoms with Gasteiger partial charge in [0.05, 0.1) is 11.1 Å². The lowest BCUT2D eigenvalue weighted by Gasteiger charge is -2.00. The predicted octanol–water partition coefficient (Wildman–Crippen LogP) is 2.75. The Kier molecular flexibility index (Phi) is 8.48. The highest BCUT2D eigenvalue weighted by atomic mass is 16.5. The van der Waals surface area contributed by atoms with E-state index in [9.17, 15) is 9.59 Å². The number of benzene rings is 1. The van der Waals surface area contributed by atoms with Crippen molar-refractivity contribution in [2.45, 2.75) is 25.7 Å². The van der Waals surface area contributed by atoms with E-state index >= 15 is 0 Å². The molecule has 1 aromatic rings. The van der Waals surface area contributed by atoms with Crippen molar-refractivity contribution >= 4 is 11.9 Å². The van der Waals surface area contributed by atoms with Gasteiger partial charge in [0.1, 0.15) is 12.2 Å². The molecule has 0 N–H and O–H groups in total. The Balaban J connectivity index is 2.64. The number of terminal acetylenes is 2. The van der Waals surface area contributed by atoms with Crippen LogP contribution in [0.2, 0.25) is 0 Å². The standard InChI is InChI=1S/C20H14O4/c1-3-5-7-9-14-23-19(21)17-12-11-13-18(16-17)20(22)24-15-10-8-6-4-2/h1-2,11-13,16H,5-8H2. The minimum absolute atomic E-state index is 0.177. The molecule has 0 unspecified atom stereocenters. The maximum Gasteiger partial charge on any atom is 0.352 e. The minimum atomic E-state index is -0.669. The first-order chi connectivity index (χ1) is 11.7. The van der Waals surface area contributed by atoms with Gasteiger partial charge >= 0.3 is 11.9 Å². The molecule has 118 valence electrons. The highest BCUT2D eigenvalue weighted by Crippen LogP contribution is 2.08. The topological polar surface area (TPSA) is 52.6 Å². The molecule has 0 fully saturated rings. The quantitative estimate of drug-likeness (QED) is 0.487.